The van der Waals surface area contributed by atoms with Crippen LogP contribution in [0, 0.1) is 10.8 Å². The monoisotopic (exact) mass is 1080 g/mol. The SMILES string of the molecule is CC(C)c1cccc(-c2nc(-c3cc(CCC(=O)C4(C(F)(F)F)CCCCC4)ccc3Cl)[nH]c(=O)n2)c1.COc1nc(-c2cccc(C(C)C)c2)nc(-c2cc(CCC(=O)C3(C(F)(F)F)CCCCC3)ccc2Cl)n1. The second-order valence-electron chi connectivity index (χ2n) is 20.1. The van der Waals surface area contributed by atoms with E-state index in [2.05, 4.69) is 57.6 Å². The van der Waals surface area contributed by atoms with Crippen LogP contribution in [0.5, 0.6) is 6.01 Å². The maximum Gasteiger partial charge on any atom is 0.401 e. The molecular weight excluding hydrogens is 1020 g/mol. The molecular formula is C57H60Cl2F6N6O4. The van der Waals surface area contributed by atoms with Crippen molar-refractivity contribution in [2.24, 2.45) is 10.8 Å². The molecule has 1 N–H and O–H groups in total. The lowest BCUT2D eigenvalue weighted by Gasteiger charge is -2.37. The molecule has 0 radical (unpaired) electrons. The second kappa shape index (κ2) is 23.9. The number of ketones is 2. The van der Waals surface area contributed by atoms with Crippen molar-refractivity contribution in [3.05, 3.63) is 128 Å². The number of alkyl halides is 6. The Morgan fingerprint density at radius 3 is 1.48 bits per heavy atom. The maximum atomic E-state index is 14.0. The van der Waals surface area contributed by atoms with Crippen molar-refractivity contribution in [2.45, 2.75) is 142 Å². The van der Waals surface area contributed by atoms with Crippen LogP contribution in [-0.4, -0.2) is 60.9 Å². The minimum Gasteiger partial charge on any atom is -0.467 e. The molecule has 0 aliphatic heterocycles. The molecule has 8 rings (SSSR count). The fraction of sp³-hybridized carbons (Fsp3) is 0.439. The van der Waals surface area contributed by atoms with Gasteiger partial charge < -0.3 is 4.74 Å². The lowest BCUT2D eigenvalue weighted by molar-refractivity contribution is -0.230. The van der Waals surface area contributed by atoms with Gasteiger partial charge >= 0.3 is 24.1 Å². The van der Waals surface area contributed by atoms with Gasteiger partial charge in [-0.15, -0.1) is 0 Å². The topological polar surface area (TPSA) is 141 Å². The van der Waals surface area contributed by atoms with Crippen LogP contribution in [0.4, 0.5) is 26.3 Å². The fourth-order valence-corrected chi connectivity index (χ4v) is 10.4. The molecule has 2 aromatic heterocycles. The number of methoxy groups -OCH3 is 1. The summed E-state index contributed by atoms with van der Waals surface area (Å²) in [5.41, 5.74) is 0.789. The molecule has 2 heterocycles. The summed E-state index contributed by atoms with van der Waals surface area (Å²) >= 11 is 12.9. The van der Waals surface area contributed by atoms with Crippen molar-refractivity contribution in [1.82, 2.24) is 29.9 Å². The molecule has 398 valence electrons. The number of nitrogens with zero attached hydrogens (tertiary/aromatic N) is 5. The summed E-state index contributed by atoms with van der Waals surface area (Å²) in [4.78, 5) is 62.7. The number of hydrogen-bond acceptors (Lipinski definition) is 9. The zero-order chi connectivity index (χ0) is 54.3. The van der Waals surface area contributed by atoms with Crippen molar-refractivity contribution in [3.8, 4) is 51.6 Å². The van der Waals surface area contributed by atoms with Crippen molar-refractivity contribution in [3.63, 3.8) is 0 Å². The van der Waals surface area contributed by atoms with E-state index in [9.17, 15) is 40.7 Å². The third-order valence-electron chi connectivity index (χ3n) is 14.5. The van der Waals surface area contributed by atoms with Crippen molar-refractivity contribution < 1.29 is 40.7 Å². The predicted molar refractivity (Wildman–Crippen MR) is 279 cm³/mol. The number of carbonyl (C=O) groups is 2. The van der Waals surface area contributed by atoms with E-state index in [1.54, 1.807) is 36.4 Å². The first-order chi connectivity index (χ1) is 35.5. The normalized spacial score (nSPS) is 15.6. The summed E-state index contributed by atoms with van der Waals surface area (Å²) in [5.74, 6) is 0.214. The molecule has 75 heavy (non-hydrogen) atoms. The van der Waals surface area contributed by atoms with Crippen LogP contribution >= 0.6 is 23.2 Å². The molecule has 2 aliphatic rings. The maximum absolute atomic E-state index is 14.0. The van der Waals surface area contributed by atoms with Crippen molar-refractivity contribution in [2.75, 3.05) is 7.11 Å². The van der Waals surface area contributed by atoms with E-state index >= 15 is 0 Å². The van der Waals surface area contributed by atoms with E-state index in [-0.39, 0.29) is 80.8 Å². The third-order valence-corrected chi connectivity index (χ3v) is 15.1. The number of aryl methyl sites for hydroxylation is 2. The van der Waals surface area contributed by atoms with Gasteiger partial charge in [-0.25, -0.2) is 14.8 Å². The Balaban J connectivity index is 0.000000219. The van der Waals surface area contributed by atoms with Gasteiger partial charge in [0.25, 0.3) is 0 Å². The van der Waals surface area contributed by atoms with Gasteiger partial charge in [-0.2, -0.15) is 41.3 Å². The number of benzene rings is 4. The number of aromatic nitrogens is 6. The summed E-state index contributed by atoms with van der Waals surface area (Å²) in [7, 11) is 1.46. The molecule has 10 nitrogen and oxygen atoms in total. The molecule has 2 fully saturated rings. The fourth-order valence-electron chi connectivity index (χ4n) is 9.97. The van der Waals surface area contributed by atoms with Crippen LogP contribution in [0.1, 0.15) is 139 Å². The number of halogens is 8. The predicted octanol–water partition coefficient (Wildman–Crippen LogP) is 15.3. The van der Waals surface area contributed by atoms with E-state index in [4.69, 9.17) is 27.9 Å². The number of nitrogens with one attached hydrogen (secondary N) is 1. The molecule has 6 aromatic rings. The molecule has 0 atom stereocenters. The minimum absolute atomic E-state index is 0.112. The van der Waals surface area contributed by atoms with E-state index in [0.29, 0.717) is 81.7 Å². The Hall–Kier alpha value is -6.00. The van der Waals surface area contributed by atoms with Crippen LogP contribution in [0.25, 0.3) is 45.6 Å². The highest BCUT2D eigenvalue weighted by Crippen LogP contribution is 2.52. The van der Waals surface area contributed by atoms with Crippen molar-refractivity contribution >= 4 is 34.8 Å². The summed E-state index contributed by atoms with van der Waals surface area (Å²) < 4.78 is 88.9. The second-order valence-corrected chi connectivity index (χ2v) is 20.9. The first-order valence-corrected chi connectivity index (χ1v) is 26.1. The van der Waals surface area contributed by atoms with Gasteiger partial charge in [0, 0.05) is 35.1 Å². The lowest BCUT2D eigenvalue weighted by Crippen LogP contribution is -2.46. The van der Waals surface area contributed by atoms with E-state index < -0.39 is 40.4 Å². The van der Waals surface area contributed by atoms with Gasteiger partial charge in [-0.1, -0.05) is 138 Å². The van der Waals surface area contributed by atoms with Gasteiger partial charge in [-0.05, 0) is 109 Å². The number of rotatable bonds is 15. The summed E-state index contributed by atoms with van der Waals surface area (Å²) in [6, 6.07) is 25.6. The number of carbonyl (C=O) groups excluding carboxylic acids is 2. The van der Waals surface area contributed by atoms with Crippen LogP contribution in [0.3, 0.4) is 0 Å². The highest BCUT2D eigenvalue weighted by molar-refractivity contribution is 6.33. The zero-order valence-electron chi connectivity index (χ0n) is 42.5. The number of Topliss-reactive ketones (excluding diaryl/α,β-unsaturated/α-hetero) is 2. The molecule has 0 amide bonds. The smallest absolute Gasteiger partial charge is 0.401 e. The van der Waals surface area contributed by atoms with Gasteiger partial charge in [0.05, 0.1) is 17.2 Å². The molecule has 0 bridgehead atoms. The zero-order valence-corrected chi connectivity index (χ0v) is 44.0. The average molecular weight is 1080 g/mol. The molecule has 4 aromatic carbocycles. The molecule has 0 unspecified atom stereocenters. The third kappa shape index (κ3) is 13.2. The number of H-pyrrole nitrogens is 1. The standard InChI is InChI=1S/C29H31ClF3N3O2.C28H29ClF3N3O2/c1-18(2)20-8-7-9-21(17-20)25-34-26(36-27(35-25)38-3)22-16-19(10-12-23(22)30)11-13-24(37)28(29(31,32)33)14-5-4-6-15-28;1-17(2)19-7-6-8-20(16-19)24-33-25(35-26(37)34-24)21-15-18(9-11-22(21)29)10-12-23(36)27(28(30,31)32)13-4-3-5-14-27/h7-10,12,16-18H,4-6,11,13-15H2,1-3H3;6-9,11,15-17H,3-5,10,12-14H2,1-2H3,(H,33,34,35,37). The van der Waals surface area contributed by atoms with Crippen LogP contribution in [0.2, 0.25) is 10.0 Å². The highest BCUT2D eigenvalue weighted by atomic mass is 35.5. The Bertz CT molecular complexity index is 3060. The molecule has 2 aliphatic carbocycles. The largest absolute Gasteiger partial charge is 0.467 e. The average Bonchev–Trinajstić information content (AvgIpc) is 3.39. The Morgan fingerprint density at radius 1 is 0.587 bits per heavy atom. The highest BCUT2D eigenvalue weighted by Gasteiger charge is 2.60. The van der Waals surface area contributed by atoms with Crippen LogP contribution < -0.4 is 10.4 Å². The van der Waals surface area contributed by atoms with E-state index in [0.717, 1.165) is 23.1 Å². The lowest BCUT2D eigenvalue weighted by atomic mass is 9.69. The van der Waals surface area contributed by atoms with Crippen molar-refractivity contribution in [1.29, 1.82) is 0 Å². The molecule has 0 spiro atoms. The summed E-state index contributed by atoms with van der Waals surface area (Å²) in [5, 5.41) is 0.680. The van der Waals surface area contributed by atoms with Gasteiger partial charge in [0.2, 0.25) is 0 Å². The Morgan fingerprint density at radius 2 is 1.03 bits per heavy atom. The first-order valence-electron chi connectivity index (χ1n) is 25.3. The Labute approximate surface area is 442 Å². The number of ether oxygens (including phenoxy) is 1. The van der Waals surface area contributed by atoms with Gasteiger partial charge in [0.1, 0.15) is 28.2 Å². The van der Waals surface area contributed by atoms with Crippen LogP contribution in [0.15, 0.2) is 89.7 Å². The van der Waals surface area contributed by atoms with Crippen LogP contribution in [-0.2, 0) is 22.4 Å². The van der Waals surface area contributed by atoms with Gasteiger partial charge in [0.15, 0.2) is 17.5 Å². The molecule has 18 heteroatoms. The molecule has 2 saturated carbocycles. The van der Waals surface area contributed by atoms with E-state index in [1.807, 2.05) is 48.5 Å². The number of hydrogen-bond donors (Lipinski definition) is 1. The first kappa shape index (κ1) is 56.7. The van der Waals surface area contributed by atoms with E-state index in [1.165, 1.54) is 7.11 Å². The minimum atomic E-state index is -4.56. The Kier molecular flexibility index (Phi) is 18.1. The summed E-state index contributed by atoms with van der Waals surface area (Å²) in [6.07, 6.45) is -6.72. The molecule has 0 saturated heterocycles. The quantitative estimate of drug-likeness (QED) is 0.0995. The summed E-state index contributed by atoms with van der Waals surface area (Å²) in [6.45, 7) is 8.31. The number of aromatic amines is 1. The van der Waals surface area contributed by atoms with Gasteiger partial charge in [-0.3, -0.25) is 14.6 Å².